The maximum Gasteiger partial charge on any atom is 0.108 e. The SMILES string of the molecule is CC(CCn1cccn1)c1ncc[nH]1. The molecule has 2 aromatic rings. The molecule has 0 aromatic carbocycles. The van der Waals surface area contributed by atoms with Gasteiger partial charge in [-0.1, -0.05) is 6.92 Å². The van der Waals surface area contributed by atoms with Crippen LogP contribution in [0.25, 0.3) is 0 Å². The van der Waals surface area contributed by atoms with Gasteiger partial charge in [0.2, 0.25) is 0 Å². The van der Waals surface area contributed by atoms with Gasteiger partial charge in [-0.2, -0.15) is 5.10 Å². The molecule has 0 radical (unpaired) electrons. The van der Waals surface area contributed by atoms with Gasteiger partial charge in [-0.15, -0.1) is 0 Å². The van der Waals surface area contributed by atoms with Crippen molar-refractivity contribution in [3.63, 3.8) is 0 Å². The lowest BCUT2D eigenvalue weighted by Crippen LogP contribution is -2.04. The molecule has 0 aliphatic carbocycles. The quantitative estimate of drug-likeness (QED) is 0.799. The Hall–Kier alpha value is -1.58. The molecule has 0 fully saturated rings. The van der Waals surface area contributed by atoms with Crippen molar-refractivity contribution in [2.24, 2.45) is 0 Å². The molecule has 0 saturated heterocycles. The van der Waals surface area contributed by atoms with E-state index < -0.39 is 0 Å². The van der Waals surface area contributed by atoms with Gasteiger partial charge in [-0.25, -0.2) is 4.98 Å². The van der Waals surface area contributed by atoms with Gasteiger partial charge in [0.05, 0.1) is 0 Å². The third kappa shape index (κ3) is 2.02. The second-order valence-corrected chi connectivity index (χ2v) is 3.43. The van der Waals surface area contributed by atoms with Crippen LogP contribution in [0.4, 0.5) is 0 Å². The molecule has 1 N–H and O–H groups in total. The average Bonchev–Trinajstić information content (AvgIpc) is 2.87. The summed E-state index contributed by atoms with van der Waals surface area (Å²) < 4.78 is 1.94. The molecule has 2 rings (SSSR count). The number of hydrogen-bond donors (Lipinski definition) is 1. The topological polar surface area (TPSA) is 46.5 Å². The highest BCUT2D eigenvalue weighted by Crippen LogP contribution is 2.14. The summed E-state index contributed by atoms with van der Waals surface area (Å²) in [4.78, 5) is 7.36. The van der Waals surface area contributed by atoms with Gasteiger partial charge >= 0.3 is 0 Å². The molecular formula is C10H14N4. The number of rotatable bonds is 4. The highest BCUT2D eigenvalue weighted by Gasteiger charge is 2.07. The molecule has 2 aromatic heterocycles. The molecule has 2 heterocycles. The van der Waals surface area contributed by atoms with Gasteiger partial charge < -0.3 is 4.98 Å². The van der Waals surface area contributed by atoms with Crippen molar-refractivity contribution in [3.8, 4) is 0 Å². The van der Waals surface area contributed by atoms with Crippen LogP contribution in [0.3, 0.4) is 0 Å². The zero-order valence-electron chi connectivity index (χ0n) is 8.22. The minimum atomic E-state index is 0.453. The fraction of sp³-hybridized carbons (Fsp3) is 0.400. The van der Waals surface area contributed by atoms with Crippen LogP contribution >= 0.6 is 0 Å². The molecule has 1 atom stereocenters. The highest BCUT2D eigenvalue weighted by atomic mass is 15.3. The van der Waals surface area contributed by atoms with E-state index in [4.69, 9.17) is 0 Å². The van der Waals surface area contributed by atoms with Crippen LogP contribution in [0.15, 0.2) is 30.9 Å². The summed E-state index contributed by atoms with van der Waals surface area (Å²) in [6.07, 6.45) is 8.49. The molecule has 4 nitrogen and oxygen atoms in total. The van der Waals surface area contributed by atoms with Crippen molar-refractivity contribution in [1.82, 2.24) is 19.7 Å². The number of aromatic amines is 1. The number of H-pyrrole nitrogens is 1. The van der Waals surface area contributed by atoms with E-state index in [-0.39, 0.29) is 0 Å². The van der Waals surface area contributed by atoms with Crippen LogP contribution in [0.1, 0.15) is 25.1 Å². The van der Waals surface area contributed by atoms with Crippen LogP contribution < -0.4 is 0 Å². The zero-order valence-corrected chi connectivity index (χ0v) is 8.22. The van der Waals surface area contributed by atoms with Gasteiger partial charge in [-0.05, 0) is 12.5 Å². The summed E-state index contributed by atoms with van der Waals surface area (Å²) in [5.41, 5.74) is 0. The lowest BCUT2D eigenvalue weighted by Gasteiger charge is -2.07. The number of hydrogen-bond acceptors (Lipinski definition) is 2. The Morgan fingerprint density at radius 3 is 3.07 bits per heavy atom. The maximum atomic E-state index is 4.23. The minimum absolute atomic E-state index is 0.453. The Bertz CT molecular complexity index is 349. The molecule has 0 aliphatic rings. The Morgan fingerprint density at radius 2 is 2.43 bits per heavy atom. The Kier molecular flexibility index (Phi) is 2.62. The second kappa shape index (κ2) is 4.09. The number of nitrogens with one attached hydrogen (secondary N) is 1. The number of nitrogens with zero attached hydrogens (tertiary/aromatic N) is 3. The van der Waals surface area contributed by atoms with E-state index in [1.165, 1.54) is 0 Å². The number of aromatic nitrogens is 4. The van der Waals surface area contributed by atoms with Crippen molar-refractivity contribution >= 4 is 0 Å². The molecule has 14 heavy (non-hydrogen) atoms. The maximum absolute atomic E-state index is 4.23. The third-order valence-electron chi connectivity index (χ3n) is 2.34. The molecule has 4 heteroatoms. The van der Waals surface area contributed by atoms with Crippen molar-refractivity contribution in [3.05, 3.63) is 36.7 Å². The van der Waals surface area contributed by atoms with Gasteiger partial charge in [0, 0.05) is 37.3 Å². The predicted molar refractivity (Wildman–Crippen MR) is 53.8 cm³/mol. The normalized spacial score (nSPS) is 12.9. The second-order valence-electron chi connectivity index (χ2n) is 3.43. The number of imidazole rings is 1. The van der Waals surface area contributed by atoms with E-state index in [0.717, 1.165) is 18.8 Å². The standard InChI is InChI=1S/C10H14N4/c1-9(10-11-5-6-12-10)3-8-14-7-2-4-13-14/h2,4-7,9H,3,8H2,1H3,(H,11,12). The molecular weight excluding hydrogens is 176 g/mol. The van der Waals surface area contributed by atoms with Gasteiger partial charge in [0.25, 0.3) is 0 Å². The van der Waals surface area contributed by atoms with E-state index in [0.29, 0.717) is 5.92 Å². The molecule has 0 amide bonds. The number of aryl methyl sites for hydroxylation is 1. The minimum Gasteiger partial charge on any atom is -0.348 e. The third-order valence-corrected chi connectivity index (χ3v) is 2.34. The summed E-state index contributed by atoms with van der Waals surface area (Å²) in [6, 6.07) is 1.94. The smallest absolute Gasteiger partial charge is 0.108 e. The van der Waals surface area contributed by atoms with Crippen LogP contribution in [-0.4, -0.2) is 19.7 Å². The lowest BCUT2D eigenvalue weighted by molar-refractivity contribution is 0.522. The van der Waals surface area contributed by atoms with Gasteiger partial charge in [0.1, 0.15) is 5.82 Å². The van der Waals surface area contributed by atoms with Crippen LogP contribution in [-0.2, 0) is 6.54 Å². The summed E-state index contributed by atoms with van der Waals surface area (Å²) >= 11 is 0. The highest BCUT2D eigenvalue weighted by molar-refractivity contribution is 4.94. The summed E-state index contributed by atoms with van der Waals surface area (Å²) in [7, 11) is 0. The first-order chi connectivity index (χ1) is 6.86. The van der Waals surface area contributed by atoms with Crippen LogP contribution in [0.5, 0.6) is 0 Å². The summed E-state index contributed by atoms with van der Waals surface area (Å²) in [5, 5.41) is 4.16. The molecule has 1 unspecified atom stereocenters. The fourth-order valence-electron chi connectivity index (χ4n) is 1.44. The first kappa shape index (κ1) is 8.99. The summed E-state index contributed by atoms with van der Waals surface area (Å²) in [5.74, 6) is 1.51. The van der Waals surface area contributed by atoms with Crippen molar-refractivity contribution in [2.45, 2.75) is 25.8 Å². The molecule has 74 valence electrons. The Balaban J connectivity index is 1.87. The Labute approximate surface area is 83.0 Å². The van der Waals surface area contributed by atoms with Crippen LogP contribution in [0, 0.1) is 0 Å². The van der Waals surface area contributed by atoms with Crippen molar-refractivity contribution < 1.29 is 0 Å². The molecule has 0 spiro atoms. The Morgan fingerprint density at radius 1 is 1.50 bits per heavy atom. The van der Waals surface area contributed by atoms with Crippen LogP contribution in [0.2, 0.25) is 0 Å². The molecule has 0 bridgehead atoms. The monoisotopic (exact) mass is 190 g/mol. The summed E-state index contributed by atoms with van der Waals surface area (Å²) in [6.45, 7) is 3.11. The zero-order chi connectivity index (χ0) is 9.80. The lowest BCUT2D eigenvalue weighted by atomic mass is 10.1. The van der Waals surface area contributed by atoms with E-state index in [9.17, 15) is 0 Å². The van der Waals surface area contributed by atoms with Crippen molar-refractivity contribution in [1.29, 1.82) is 0 Å². The fourth-order valence-corrected chi connectivity index (χ4v) is 1.44. The largest absolute Gasteiger partial charge is 0.348 e. The van der Waals surface area contributed by atoms with E-state index in [2.05, 4.69) is 22.0 Å². The molecule has 0 aliphatic heterocycles. The average molecular weight is 190 g/mol. The molecule has 0 saturated carbocycles. The van der Waals surface area contributed by atoms with E-state index in [1.54, 1.807) is 12.4 Å². The van der Waals surface area contributed by atoms with Gasteiger partial charge in [-0.3, -0.25) is 4.68 Å². The van der Waals surface area contributed by atoms with E-state index in [1.807, 2.05) is 23.1 Å². The first-order valence-electron chi connectivity index (χ1n) is 4.83. The van der Waals surface area contributed by atoms with Crippen molar-refractivity contribution in [2.75, 3.05) is 0 Å². The first-order valence-corrected chi connectivity index (χ1v) is 4.83. The van der Waals surface area contributed by atoms with Gasteiger partial charge in [0.15, 0.2) is 0 Å². The predicted octanol–water partition coefficient (Wildman–Crippen LogP) is 1.80. The van der Waals surface area contributed by atoms with E-state index >= 15 is 0 Å².